The maximum atomic E-state index is 5.48. The predicted octanol–water partition coefficient (Wildman–Crippen LogP) is 3.41. The summed E-state index contributed by atoms with van der Waals surface area (Å²) in [7, 11) is 1.74. The van der Waals surface area contributed by atoms with Crippen LogP contribution in [-0.4, -0.2) is 31.2 Å². The van der Waals surface area contributed by atoms with Crippen LogP contribution in [0.2, 0.25) is 0 Å². The molecule has 1 aromatic heterocycles. The maximum Gasteiger partial charge on any atom is 0.142 e. The lowest BCUT2D eigenvalue weighted by atomic mass is 10.0. The van der Waals surface area contributed by atoms with E-state index in [2.05, 4.69) is 40.3 Å². The quantitative estimate of drug-likeness (QED) is 0.918. The van der Waals surface area contributed by atoms with E-state index >= 15 is 0 Å². The van der Waals surface area contributed by atoms with Gasteiger partial charge in [0, 0.05) is 31.4 Å². The molecule has 2 aromatic rings. The molecule has 122 valence electrons. The summed E-state index contributed by atoms with van der Waals surface area (Å²) in [6, 6.07) is 15.2. The molecule has 23 heavy (non-hydrogen) atoms. The fourth-order valence-corrected chi connectivity index (χ4v) is 3.25. The van der Waals surface area contributed by atoms with Gasteiger partial charge in [-0.2, -0.15) is 0 Å². The maximum absolute atomic E-state index is 5.48. The number of nitrogens with one attached hydrogen (secondary N) is 1. The topological polar surface area (TPSA) is 37.4 Å². The first-order valence-electron chi connectivity index (χ1n) is 8.33. The second-order valence-electron chi connectivity index (χ2n) is 6.08. The second kappa shape index (κ2) is 7.47. The molecule has 1 N–H and O–H groups in total. The molecule has 0 spiro atoms. The van der Waals surface area contributed by atoms with Gasteiger partial charge in [-0.15, -0.1) is 0 Å². The third-order valence-electron chi connectivity index (χ3n) is 4.54. The van der Waals surface area contributed by atoms with Crippen molar-refractivity contribution in [3.8, 4) is 5.75 Å². The van der Waals surface area contributed by atoms with Crippen LogP contribution in [-0.2, 0) is 0 Å². The van der Waals surface area contributed by atoms with Gasteiger partial charge < -0.3 is 15.0 Å². The van der Waals surface area contributed by atoms with Crippen LogP contribution in [0.4, 0.5) is 5.69 Å². The van der Waals surface area contributed by atoms with Crippen molar-refractivity contribution in [2.45, 2.75) is 31.8 Å². The molecule has 1 fully saturated rings. The number of methoxy groups -OCH3 is 1. The molecule has 4 heteroatoms. The van der Waals surface area contributed by atoms with E-state index in [9.17, 15) is 0 Å². The Morgan fingerprint density at radius 1 is 1.13 bits per heavy atom. The Bertz CT molecular complexity index is 609. The fraction of sp³-hybridized carbons (Fsp3) is 0.421. The van der Waals surface area contributed by atoms with E-state index in [1.54, 1.807) is 7.11 Å². The molecule has 0 aliphatic carbocycles. The molecule has 0 saturated carbocycles. The number of nitrogens with zero attached hydrogens (tertiary/aromatic N) is 2. The van der Waals surface area contributed by atoms with Gasteiger partial charge >= 0.3 is 0 Å². The monoisotopic (exact) mass is 311 g/mol. The summed E-state index contributed by atoms with van der Waals surface area (Å²) in [4.78, 5) is 6.86. The first-order valence-corrected chi connectivity index (χ1v) is 8.33. The Morgan fingerprint density at radius 2 is 1.87 bits per heavy atom. The van der Waals surface area contributed by atoms with Gasteiger partial charge in [-0.1, -0.05) is 18.2 Å². The SMILES string of the molecule is COc1ccccc1N1CCC(N[C@@H](C)c2ccccn2)CC1. The Kier molecular flexibility index (Phi) is 5.13. The van der Waals surface area contributed by atoms with Crippen LogP contribution in [0.5, 0.6) is 5.75 Å². The predicted molar refractivity (Wildman–Crippen MR) is 94.0 cm³/mol. The minimum Gasteiger partial charge on any atom is -0.495 e. The van der Waals surface area contributed by atoms with Gasteiger partial charge in [-0.25, -0.2) is 0 Å². The van der Waals surface area contributed by atoms with E-state index < -0.39 is 0 Å². The Labute approximate surface area is 138 Å². The largest absolute Gasteiger partial charge is 0.495 e. The molecule has 1 saturated heterocycles. The number of hydrogen-bond donors (Lipinski definition) is 1. The van der Waals surface area contributed by atoms with Crippen molar-refractivity contribution in [1.29, 1.82) is 0 Å². The first kappa shape index (κ1) is 15.8. The molecule has 1 aliphatic heterocycles. The highest BCUT2D eigenvalue weighted by Gasteiger charge is 2.22. The minimum atomic E-state index is 0.291. The molecule has 4 nitrogen and oxygen atoms in total. The number of ether oxygens (including phenoxy) is 1. The smallest absolute Gasteiger partial charge is 0.142 e. The van der Waals surface area contributed by atoms with E-state index in [4.69, 9.17) is 4.74 Å². The van der Waals surface area contributed by atoms with Gasteiger partial charge in [0.15, 0.2) is 0 Å². The normalized spacial score (nSPS) is 17.0. The molecule has 3 rings (SSSR count). The van der Waals surface area contributed by atoms with Gasteiger partial charge in [0.05, 0.1) is 18.5 Å². The summed E-state index contributed by atoms with van der Waals surface area (Å²) in [6.07, 6.45) is 4.13. The third-order valence-corrected chi connectivity index (χ3v) is 4.54. The number of aromatic nitrogens is 1. The molecule has 1 aromatic carbocycles. The highest BCUT2D eigenvalue weighted by Crippen LogP contribution is 2.30. The summed E-state index contributed by atoms with van der Waals surface area (Å²) in [6.45, 7) is 4.29. The van der Waals surface area contributed by atoms with Crippen LogP contribution >= 0.6 is 0 Å². The van der Waals surface area contributed by atoms with Crippen molar-refractivity contribution in [3.63, 3.8) is 0 Å². The Balaban J connectivity index is 1.56. The van der Waals surface area contributed by atoms with Crippen molar-refractivity contribution < 1.29 is 4.74 Å². The zero-order valence-corrected chi connectivity index (χ0v) is 13.9. The number of piperidine rings is 1. The molecule has 0 radical (unpaired) electrons. The van der Waals surface area contributed by atoms with Gasteiger partial charge in [-0.3, -0.25) is 4.98 Å². The molecule has 0 amide bonds. The molecule has 1 atom stereocenters. The highest BCUT2D eigenvalue weighted by atomic mass is 16.5. The number of anilines is 1. The number of benzene rings is 1. The third kappa shape index (κ3) is 3.82. The number of pyridine rings is 1. The summed E-state index contributed by atoms with van der Waals surface area (Å²) < 4.78 is 5.48. The van der Waals surface area contributed by atoms with Crippen LogP contribution in [0.3, 0.4) is 0 Å². The highest BCUT2D eigenvalue weighted by molar-refractivity contribution is 5.58. The lowest BCUT2D eigenvalue weighted by Gasteiger charge is -2.35. The first-order chi connectivity index (χ1) is 11.3. The van der Waals surface area contributed by atoms with Crippen LogP contribution in [0, 0.1) is 0 Å². The standard InChI is InChI=1S/C19H25N3O/c1-15(17-7-5-6-12-20-17)21-16-10-13-22(14-11-16)18-8-3-4-9-19(18)23-2/h3-9,12,15-16,21H,10-11,13-14H2,1-2H3/t15-/m0/s1. The van der Waals surface area contributed by atoms with Crippen LogP contribution in [0.1, 0.15) is 31.5 Å². The molecular formula is C19H25N3O. The minimum absolute atomic E-state index is 0.291. The lowest BCUT2D eigenvalue weighted by molar-refractivity contribution is 0.372. The molecular weight excluding hydrogens is 286 g/mol. The average Bonchev–Trinajstić information content (AvgIpc) is 2.63. The summed E-state index contributed by atoms with van der Waals surface area (Å²) in [5, 5.41) is 3.72. The van der Waals surface area contributed by atoms with Gasteiger partial charge in [0.2, 0.25) is 0 Å². The van der Waals surface area contributed by atoms with E-state index in [1.165, 1.54) is 5.69 Å². The Morgan fingerprint density at radius 3 is 2.57 bits per heavy atom. The number of rotatable bonds is 5. The summed E-state index contributed by atoms with van der Waals surface area (Å²) in [5.74, 6) is 0.959. The zero-order valence-electron chi connectivity index (χ0n) is 13.9. The molecule has 0 unspecified atom stereocenters. The molecule has 2 heterocycles. The fourth-order valence-electron chi connectivity index (χ4n) is 3.25. The summed E-state index contributed by atoms with van der Waals surface area (Å²) in [5.41, 5.74) is 2.31. The van der Waals surface area contributed by atoms with Crippen molar-refractivity contribution in [2.75, 3.05) is 25.1 Å². The van der Waals surface area contributed by atoms with Crippen molar-refractivity contribution >= 4 is 5.69 Å². The van der Waals surface area contributed by atoms with E-state index in [-0.39, 0.29) is 0 Å². The molecule has 0 bridgehead atoms. The van der Waals surface area contributed by atoms with Gasteiger partial charge in [0.1, 0.15) is 5.75 Å². The van der Waals surface area contributed by atoms with Crippen LogP contribution in [0.15, 0.2) is 48.7 Å². The zero-order chi connectivity index (χ0) is 16.1. The van der Waals surface area contributed by atoms with Gasteiger partial charge in [0.25, 0.3) is 0 Å². The average molecular weight is 311 g/mol. The number of hydrogen-bond acceptors (Lipinski definition) is 4. The van der Waals surface area contributed by atoms with Crippen molar-refractivity contribution in [3.05, 3.63) is 54.4 Å². The van der Waals surface area contributed by atoms with E-state index in [0.29, 0.717) is 12.1 Å². The van der Waals surface area contributed by atoms with Crippen molar-refractivity contribution in [1.82, 2.24) is 10.3 Å². The number of para-hydroxylation sites is 2. The van der Waals surface area contributed by atoms with Gasteiger partial charge in [-0.05, 0) is 44.0 Å². The van der Waals surface area contributed by atoms with E-state index in [1.807, 2.05) is 30.5 Å². The molecule has 1 aliphatic rings. The Hall–Kier alpha value is -2.07. The lowest BCUT2D eigenvalue weighted by Crippen LogP contribution is -2.43. The van der Waals surface area contributed by atoms with E-state index in [0.717, 1.165) is 37.4 Å². The van der Waals surface area contributed by atoms with Crippen LogP contribution in [0.25, 0.3) is 0 Å². The second-order valence-corrected chi connectivity index (χ2v) is 6.08. The van der Waals surface area contributed by atoms with Crippen LogP contribution < -0.4 is 15.0 Å². The summed E-state index contributed by atoms with van der Waals surface area (Å²) >= 11 is 0. The van der Waals surface area contributed by atoms with Crippen molar-refractivity contribution in [2.24, 2.45) is 0 Å².